The van der Waals surface area contributed by atoms with Crippen LogP contribution < -0.4 is 16.0 Å². The van der Waals surface area contributed by atoms with Gasteiger partial charge in [-0.2, -0.15) is 31.4 Å². The number of alkyl halides is 6. The van der Waals surface area contributed by atoms with Crippen LogP contribution in [0.1, 0.15) is 41.1 Å². The van der Waals surface area contributed by atoms with Crippen molar-refractivity contribution in [2.24, 2.45) is 0 Å². The van der Waals surface area contributed by atoms with E-state index in [-0.39, 0.29) is 35.6 Å². The molecule has 5 aromatic rings. The lowest BCUT2D eigenvalue weighted by Gasteiger charge is -2.29. The maximum atomic E-state index is 15.0. The first kappa shape index (κ1) is 30.0. The van der Waals surface area contributed by atoms with Crippen LogP contribution in [0.5, 0.6) is 0 Å². The molecule has 1 atom stereocenters. The summed E-state index contributed by atoms with van der Waals surface area (Å²) in [6.07, 6.45) is -5.39. The summed E-state index contributed by atoms with van der Waals surface area (Å²) in [5, 5.41) is 5.79. The molecule has 6 rings (SSSR count). The van der Waals surface area contributed by atoms with Crippen LogP contribution in [-0.2, 0) is 25.4 Å². The molecule has 232 valence electrons. The van der Waals surface area contributed by atoms with Crippen molar-refractivity contribution in [2.75, 3.05) is 4.90 Å². The number of anilines is 1. The van der Waals surface area contributed by atoms with Crippen molar-refractivity contribution >= 4 is 16.5 Å². The van der Waals surface area contributed by atoms with Gasteiger partial charge in [0.25, 0.3) is 11.1 Å². The van der Waals surface area contributed by atoms with Crippen molar-refractivity contribution in [1.29, 1.82) is 0 Å². The minimum atomic E-state index is -4.92. The highest BCUT2D eigenvalue weighted by atomic mass is 19.4. The average Bonchev–Trinajstić information content (AvgIpc) is 3.35. The Bertz CT molecular complexity index is 2020. The van der Waals surface area contributed by atoms with Gasteiger partial charge in [-0.05, 0) is 47.6 Å². The first-order chi connectivity index (χ1) is 21.3. The number of halogens is 7. The molecule has 0 saturated carbocycles. The number of H-pyrrole nitrogens is 1. The second-order valence-corrected chi connectivity index (χ2v) is 10.5. The second kappa shape index (κ2) is 11.1. The molecule has 0 saturated heterocycles. The third-order valence-corrected chi connectivity index (χ3v) is 7.72. The fourth-order valence-electron chi connectivity index (χ4n) is 5.63. The van der Waals surface area contributed by atoms with Crippen molar-refractivity contribution in [3.05, 3.63) is 116 Å². The molecule has 2 aromatic carbocycles. The van der Waals surface area contributed by atoms with Gasteiger partial charge in [0, 0.05) is 31.7 Å². The SMILES string of the molecule is O=c1[nH]ncc(N2Cc3ccccc3C2CCCn2ccc3cc(-c4ncc(C(F)(F)F)cn4)c(F)cc3c2=O)c1C(F)(F)F. The molecule has 0 amide bonds. The smallest absolute Gasteiger partial charge is 0.358 e. The van der Waals surface area contributed by atoms with Gasteiger partial charge in [0.05, 0.1) is 34.4 Å². The van der Waals surface area contributed by atoms with E-state index in [1.807, 2.05) is 5.10 Å². The normalized spacial score (nSPS) is 15.1. The number of benzene rings is 2. The van der Waals surface area contributed by atoms with Crippen molar-refractivity contribution in [3.8, 4) is 11.4 Å². The zero-order valence-electron chi connectivity index (χ0n) is 23.0. The number of aromatic amines is 1. The molecule has 1 unspecified atom stereocenters. The second-order valence-electron chi connectivity index (χ2n) is 10.5. The van der Waals surface area contributed by atoms with E-state index in [0.29, 0.717) is 30.6 Å². The largest absolute Gasteiger partial charge is 0.423 e. The topological polar surface area (TPSA) is 96.8 Å². The molecule has 1 N–H and O–H groups in total. The summed E-state index contributed by atoms with van der Waals surface area (Å²) < 4.78 is 96.6. The summed E-state index contributed by atoms with van der Waals surface area (Å²) >= 11 is 0. The van der Waals surface area contributed by atoms with Gasteiger partial charge in [-0.25, -0.2) is 19.5 Å². The van der Waals surface area contributed by atoms with E-state index < -0.39 is 46.5 Å². The van der Waals surface area contributed by atoms with E-state index in [1.54, 1.807) is 30.3 Å². The lowest BCUT2D eigenvalue weighted by atomic mass is 10.0. The Labute approximate surface area is 248 Å². The quantitative estimate of drug-likeness (QED) is 0.223. The summed E-state index contributed by atoms with van der Waals surface area (Å²) in [5.74, 6) is -1.18. The first-order valence-corrected chi connectivity index (χ1v) is 13.5. The molecule has 15 heteroatoms. The molecule has 0 radical (unpaired) electrons. The first-order valence-electron chi connectivity index (χ1n) is 13.5. The maximum absolute atomic E-state index is 15.0. The molecule has 1 aliphatic heterocycles. The molecule has 1 aliphatic rings. The lowest BCUT2D eigenvalue weighted by molar-refractivity contribution is -0.139. The number of nitrogens with one attached hydrogen (secondary N) is 1. The van der Waals surface area contributed by atoms with Gasteiger partial charge in [0.15, 0.2) is 5.82 Å². The minimum absolute atomic E-state index is 0.0166. The van der Waals surface area contributed by atoms with Gasteiger partial charge in [0.1, 0.15) is 11.4 Å². The molecule has 4 heterocycles. The van der Waals surface area contributed by atoms with Crippen LogP contribution in [0, 0.1) is 5.82 Å². The fourth-order valence-corrected chi connectivity index (χ4v) is 5.63. The van der Waals surface area contributed by atoms with Crippen LogP contribution >= 0.6 is 0 Å². The molecule has 0 aliphatic carbocycles. The number of pyridine rings is 1. The van der Waals surface area contributed by atoms with Crippen LogP contribution in [0.2, 0.25) is 0 Å². The van der Waals surface area contributed by atoms with Crippen molar-refractivity contribution in [3.63, 3.8) is 0 Å². The number of fused-ring (bicyclic) bond motifs is 2. The van der Waals surface area contributed by atoms with E-state index in [4.69, 9.17) is 0 Å². The summed E-state index contributed by atoms with van der Waals surface area (Å²) in [6.45, 7) is 0.266. The molecule has 45 heavy (non-hydrogen) atoms. The van der Waals surface area contributed by atoms with Crippen LogP contribution in [-0.4, -0.2) is 24.7 Å². The van der Waals surface area contributed by atoms with Gasteiger partial charge >= 0.3 is 12.4 Å². The summed E-state index contributed by atoms with van der Waals surface area (Å²) in [7, 11) is 0. The van der Waals surface area contributed by atoms with Crippen molar-refractivity contribution in [2.45, 2.75) is 44.3 Å². The zero-order chi connectivity index (χ0) is 32.1. The highest BCUT2D eigenvalue weighted by Gasteiger charge is 2.41. The standard InChI is InChI=1S/C30H21F7N6O2/c31-22-11-20-16(10-21(22)26-38-12-18(13-39-26)29(32,33)34)7-9-42(28(20)45)8-3-6-23-19-5-2-1-4-17(19)15-43(23)24-14-40-41-27(44)25(24)30(35,36)37/h1-2,4-5,7,9-14,23H,3,6,8,15H2,(H,41,44). The highest BCUT2D eigenvalue weighted by Crippen LogP contribution is 2.43. The van der Waals surface area contributed by atoms with Gasteiger partial charge < -0.3 is 9.47 Å². The van der Waals surface area contributed by atoms with E-state index in [0.717, 1.165) is 23.4 Å². The third-order valence-electron chi connectivity index (χ3n) is 7.72. The minimum Gasteiger partial charge on any atom is -0.358 e. The van der Waals surface area contributed by atoms with Gasteiger partial charge in [0.2, 0.25) is 0 Å². The Hall–Kier alpha value is -5.08. The van der Waals surface area contributed by atoms with Crippen molar-refractivity contribution < 1.29 is 30.7 Å². The predicted molar refractivity (Wildman–Crippen MR) is 149 cm³/mol. The zero-order valence-corrected chi connectivity index (χ0v) is 23.0. The van der Waals surface area contributed by atoms with Crippen molar-refractivity contribution in [1.82, 2.24) is 24.7 Å². The van der Waals surface area contributed by atoms with Crippen LogP contribution in [0.4, 0.5) is 36.4 Å². The van der Waals surface area contributed by atoms with Gasteiger partial charge in [-0.1, -0.05) is 24.3 Å². The number of hydrogen-bond donors (Lipinski definition) is 1. The third kappa shape index (κ3) is 5.65. The Morgan fingerprint density at radius 3 is 2.38 bits per heavy atom. The number of nitrogens with zero attached hydrogens (tertiary/aromatic N) is 5. The summed E-state index contributed by atoms with van der Waals surface area (Å²) in [4.78, 5) is 34.1. The Morgan fingerprint density at radius 2 is 1.67 bits per heavy atom. The summed E-state index contributed by atoms with van der Waals surface area (Å²) in [6, 6.07) is 10.4. The number of aromatic nitrogens is 5. The molecular formula is C30H21F7N6O2. The number of rotatable bonds is 6. The van der Waals surface area contributed by atoms with Crippen LogP contribution in [0.15, 0.2) is 76.8 Å². The van der Waals surface area contributed by atoms with Gasteiger partial charge in [-0.3, -0.25) is 9.59 Å². The Balaban J connectivity index is 1.26. The molecule has 0 fully saturated rings. The Morgan fingerprint density at radius 1 is 0.933 bits per heavy atom. The molecule has 3 aromatic heterocycles. The van der Waals surface area contributed by atoms with E-state index in [9.17, 15) is 35.9 Å². The summed E-state index contributed by atoms with van der Waals surface area (Å²) in [5.41, 5.74) is -3.26. The van der Waals surface area contributed by atoms with E-state index in [2.05, 4.69) is 15.1 Å². The highest BCUT2D eigenvalue weighted by molar-refractivity contribution is 5.86. The lowest BCUT2D eigenvalue weighted by Crippen LogP contribution is -2.31. The Kier molecular flexibility index (Phi) is 7.41. The molecular weight excluding hydrogens is 609 g/mol. The number of aryl methyl sites for hydroxylation is 1. The van der Waals surface area contributed by atoms with E-state index in [1.165, 1.54) is 21.7 Å². The molecule has 0 bridgehead atoms. The number of hydrogen-bond acceptors (Lipinski definition) is 6. The molecule has 0 spiro atoms. The van der Waals surface area contributed by atoms with E-state index >= 15 is 4.39 Å². The maximum Gasteiger partial charge on any atom is 0.423 e. The predicted octanol–water partition coefficient (Wildman–Crippen LogP) is 6.26. The van der Waals surface area contributed by atoms with Gasteiger partial charge in [-0.15, -0.1) is 0 Å². The van der Waals surface area contributed by atoms with Crippen LogP contribution in [0.3, 0.4) is 0 Å². The fraction of sp³-hybridized carbons (Fsp3) is 0.233. The van der Waals surface area contributed by atoms with Crippen LogP contribution in [0.25, 0.3) is 22.2 Å². The molecule has 8 nitrogen and oxygen atoms in total. The average molecular weight is 631 g/mol. The monoisotopic (exact) mass is 630 g/mol.